The average Bonchev–Trinajstić information content (AvgIpc) is 3.11. The van der Waals surface area contributed by atoms with Crippen molar-refractivity contribution in [3.8, 4) is 16.5 Å². The summed E-state index contributed by atoms with van der Waals surface area (Å²) in [4.78, 5) is 13.4. The minimum Gasteiger partial charge on any atom is -0.397 e. The molecule has 0 atom stereocenters. The number of hydrogen-bond donors (Lipinski definition) is 2. The van der Waals surface area contributed by atoms with Gasteiger partial charge in [0.1, 0.15) is 0 Å². The summed E-state index contributed by atoms with van der Waals surface area (Å²) in [6.07, 6.45) is 0. The van der Waals surface area contributed by atoms with Gasteiger partial charge in [-0.15, -0.1) is 11.3 Å². The summed E-state index contributed by atoms with van der Waals surface area (Å²) in [7, 11) is 0. The van der Waals surface area contributed by atoms with Crippen LogP contribution in [0.1, 0.15) is 15.9 Å². The third-order valence-electron chi connectivity index (χ3n) is 3.38. The molecule has 3 N–H and O–H groups in total. The summed E-state index contributed by atoms with van der Waals surface area (Å²) < 4.78 is 0. The van der Waals surface area contributed by atoms with E-state index in [1.54, 1.807) is 41.7 Å². The van der Waals surface area contributed by atoms with E-state index in [4.69, 9.17) is 11.0 Å². The molecule has 0 aliphatic rings. The fourth-order valence-electron chi connectivity index (χ4n) is 2.15. The number of nitrogens with zero attached hydrogens (tertiary/aromatic N) is 1. The highest BCUT2D eigenvalue weighted by Crippen LogP contribution is 2.30. The number of rotatable bonds is 3. The molecule has 1 amide bonds. The predicted octanol–water partition coefficient (Wildman–Crippen LogP) is 4.12. The number of carbonyl (C=O) groups excluding carboxylic acids is 1. The van der Waals surface area contributed by atoms with Crippen LogP contribution in [-0.4, -0.2) is 5.91 Å². The van der Waals surface area contributed by atoms with Crippen LogP contribution in [0.3, 0.4) is 0 Å². The first-order valence-corrected chi connectivity index (χ1v) is 7.80. The number of hydrogen-bond acceptors (Lipinski definition) is 4. The minimum absolute atomic E-state index is 0.260. The Kier molecular flexibility index (Phi) is 4.09. The summed E-state index contributed by atoms with van der Waals surface area (Å²) in [5, 5.41) is 13.6. The van der Waals surface area contributed by atoms with E-state index < -0.39 is 0 Å². The Balaban J connectivity index is 1.85. The zero-order chi connectivity index (χ0) is 16.2. The molecule has 23 heavy (non-hydrogen) atoms. The normalized spacial score (nSPS) is 10.0. The van der Waals surface area contributed by atoms with Gasteiger partial charge in [-0.05, 0) is 53.4 Å². The molecule has 0 aliphatic heterocycles. The molecule has 112 valence electrons. The summed E-state index contributed by atoms with van der Waals surface area (Å²) in [6, 6.07) is 18.1. The van der Waals surface area contributed by atoms with E-state index in [1.807, 2.05) is 35.7 Å². The molecule has 3 rings (SSSR count). The number of anilines is 2. The number of nitriles is 1. The monoisotopic (exact) mass is 319 g/mol. The van der Waals surface area contributed by atoms with Crippen molar-refractivity contribution in [3.05, 3.63) is 71.1 Å². The number of nitrogen functional groups attached to an aromatic ring is 1. The smallest absolute Gasteiger partial charge is 0.255 e. The van der Waals surface area contributed by atoms with Crippen LogP contribution in [0.4, 0.5) is 11.4 Å². The third-order valence-corrected chi connectivity index (χ3v) is 4.30. The van der Waals surface area contributed by atoms with E-state index in [0.717, 1.165) is 10.4 Å². The second-order valence-electron chi connectivity index (χ2n) is 4.92. The van der Waals surface area contributed by atoms with Gasteiger partial charge in [-0.2, -0.15) is 5.26 Å². The van der Waals surface area contributed by atoms with E-state index in [0.29, 0.717) is 22.5 Å². The van der Waals surface area contributed by atoms with Gasteiger partial charge in [0.05, 0.1) is 23.0 Å². The van der Waals surface area contributed by atoms with Crippen molar-refractivity contribution in [2.75, 3.05) is 11.1 Å². The fourth-order valence-corrected chi connectivity index (χ4v) is 2.88. The summed E-state index contributed by atoms with van der Waals surface area (Å²) >= 11 is 1.63. The van der Waals surface area contributed by atoms with Crippen molar-refractivity contribution in [2.24, 2.45) is 0 Å². The molecule has 3 aromatic rings. The number of amides is 1. The highest BCUT2D eigenvalue weighted by Gasteiger charge is 2.10. The predicted molar refractivity (Wildman–Crippen MR) is 93.3 cm³/mol. The molecule has 0 spiro atoms. The molecule has 0 aliphatic carbocycles. The quantitative estimate of drug-likeness (QED) is 0.713. The van der Waals surface area contributed by atoms with Gasteiger partial charge in [0.25, 0.3) is 5.91 Å². The lowest BCUT2D eigenvalue weighted by molar-refractivity contribution is 0.102. The maximum absolute atomic E-state index is 12.3. The SMILES string of the molecule is N#Cc1ccc(C(=O)Nc2cc(-c3cccs3)ccc2N)cc1. The van der Waals surface area contributed by atoms with Crippen molar-refractivity contribution in [1.82, 2.24) is 0 Å². The van der Waals surface area contributed by atoms with Crippen molar-refractivity contribution in [2.45, 2.75) is 0 Å². The molecule has 2 aromatic carbocycles. The van der Waals surface area contributed by atoms with Gasteiger partial charge >= 0.3 is 0 Å². The van der Waals surface area contributed by atoms with Crippen LogP contribution < -0.4 is 11.1 Å². The van der Waals surface area contributed by atoms with Crippen LogP contribution in [0.15, 0.2) is 60.0 Å². The summed E-state index contributed by atoms with van der Waals surface area (Å²) in [6.45, 7) is 0. The molecule has 0 saturated heterocycles. The maximum Gasteiger partial charge on any atom is 0.255 e. The van der Waals surface area contributed by atoms with E-state index in [9.17, 15) is 4.79 Å². The topological polar surface area (TPSA) is 78.9 Å². The first kappa shape index (κ1) is 14.8. The lowest BCUT2D eigenvalue weighted by Crippen LogP contribution is -2.13. The van der Waals surface area contributed by atoms with Crippen LogP contribution in [0.2, 0.25) is 0 Å². The van der Waals surface area contributed by atoms with Crippen molar-refractivity contribution in [3.63, 3.8) is 0 Å². The van der Waals surface area contributed by atoms with E-state index in [-0.39, 0.29) is 5.91 Å². The van der Waals surface area contributed by atoms with E-state index >= 15 is 0 Å². The van der Waals surface area contributed by atoms with Gasteiger partial charge in [-0.25, -0.2) is 0 Å². The Labute approximate surface area is 137 Å². The number of nitrogens with one attached hydrogen (secondary N) is 1. The average molecular weight is 319 g/mol. The number of thiophene rings is 1. The maximum atomic E-state index is 12.3. The molecule has 5 heteroatoms. The Morgan fingerprint density at radius 2 is 1.91 bits per heavy atom. The molecular weight excluding hydrogens is 306 g/mol. The molecular formula is C18H13N3OS. The summed E-state index contributed by atoms with van der Waals surface area (Å²) in [5.74, 6) is -0.260. The van der Waals surface area contributed by atoms with Crippen LogP contribution in [0.25, 0.3) is 10.4 Å². The molecule has 0 saturated carbocycles. The number of nitrogens with two attached hydrogens (primary N) is 1. The second kappa shape index (κ2) is 6.34. The van der Waals surface area contributed by atoms with Crippen LogP contribution >= 0.6 is 11.3 Å². The zero-order valence-corrected chi connectivity index (χ0v) is 12.9. The lowest BCUT2D eigenvalue weighted by Gasteiger charge is -2.10. The molecule has 0 bridgehead atoms. The van der Waals surface area contributed by atoms with Crippen molar-refractivity contribution in [1.29, 1.82) is 5.26 Å². The Morgan fingerprint density at radius 1 is 1.13 bits per heavy atom. The van der Waals surface area contributed by atoms with Gasteiger partial charge < -0.3 is 11.1 Å². The Hall–Kier alpha value is -3.10. The molecule has 0 fully saturated rings. The molecule has 0 radical (unpaired) electrons. The van der Waals surface area contributed by atoms with Crippen molar-refractivity contribution < 1.29 is 4.79 Å². The Morgan fingerprint density at radius 3 is 2.57 bits per heavy atom. The first-order chi connectivity index (χ1) is 11.2. The minimum atomic E-state index is -0.260. The van der Waals surface area contributed by atoms with Gasteiger partial charge in [-0.1, -0.05) is 12.1 Å². The van der Waals surface area contributed by atoms with E-state index in [2.05, 4.69) is 5.32 Å². The standard InChI is InChI=1S/C18H13N3OS/c19-11-12-3-5-13(6-4-12)18(22)21-16-10-14(7-8-15(16)20)17-2-1-9-23-17/h1-10H,20H2,(H,21,22). The molecule has 4 nitrogen and oxygen atoms in total. The molecule has 1 aromatic heterocycles. The van der Waals surface area contributed by atoms with Crippen LogP contribution in [0, 0.1) is 11.3 Å². The fraction of sp³-hybridized carbons (Fsp3) is 0. The lowest BCUT2D eigenvalue weighted by atomic mass is 10.1. The van der Waals surface area contributed by atoms with Crippen LogP contribution in [-0.2, 0) is 0 Å². The van der Waals surface area contributed by atoms with Gasteiger partial charge in [0.15, 0.2) is 0 Å². The highest BCUT2D eigenvalue weighted by molar-refractivity contribution is 7.13. The summed E-state index contributed by atoms with van der Waals surface area (Å²) in [5.41, 5.74) is 9.04. The highest BCUT2D eigenvalue weighted by atomic mass is 32.1. The largest absolute Gasteiger partial charge is 0.397 e. The second-order valence-corrected chi connectivity index (χ2v) is 5.87. The molecule has 0 unspecified atom stereocenters. The van der Waals surface area contributed by atoms with Gasteiger partial charge in [0, 0.05) is 10.4 Å². The number of benzene rings is 2. The van der Waals surface area contributed by atoms with Crippen molar-refractivity contribution >= 4 is 28.6 Å². The van der Waals surface area contributed by atoms with Crippen LogP contribution in [0.5, 0.6) is 0 Å². The van der Waals surface area contributed by atoms with Gasteiger partial charge in [-0.3, -0.25) is 4.79 Å². The van der Waals surface area contributed by atoms with Gasteiger partial charge in [0.2, 0.25) is 0 Å². The van der Waals surface area contributed by atoms with E-state index in [1.165, 1.54) is 0 Å². The first-order valence-electron chi connectivity index (χ1n) is 6.92. The number of carbonyl (C=O) groups is 1. The third kappa shape index (κ3) is 3.23. The molecule has 1 heterocycles. The Bertz CT molecular complexity index is 878. The zero-order valence-electron chi connectivity index (χ0n) is 12.1.